The lowest BCUT2D eigenvalue weighted by molar-refractivity contribution is 1.09. The highest BCUT2D eigenvalue weighted by Crippen LogP contribution is 2.30. The Labute approximate surface area is 121 Å². The molecule has 5 heteroatoms. The first-order chi connectivity index (χ1) is 10.3. The summed E-state index contributed by atoms with van der Waals surface area (Å²) in [5.74, 6) is 0.767. The van der Waals surface area contributed by atoms with E-state index in [-0.39, 0.29) is 0 Å². The molecule has 0 atom stereocenters. The maximum Gasteiger partial charge on any atom is 0.126 e. The lowest BCUT2D eigenvalue weighted by Gasteiger charge is -2.00. The number of aromatic nitrogens is 5. The first-order valence-electron chi connectivity index (χ1n) is 6.73. The van der Waals surface area contributed by atoms with Crippen LogP contribution in [-0.4, -0.2) is 25.1 Å². The number of nitrogens with one attached hydrogen (secondary N) is 2. The van der Waals surface area contributed by atoms with Crippen molar-refractivity contribution in [2.24, 2.45) is 0 Å². The smallest absolute Gasteiger partial charge is 0.126 e. The Bertz CT molecular complexity index is 905. The first-order valence-corrected chi connectivity index (χ1v) is 6.73. The zero-order chi connectivity index (χ0) is 14.2. The Balaban J connectivity index is 1.88. The molecule has 0 saturated carbocycles. The lowest BCUT2D eigenvalue weighted by Crippen LogP contribution is -1.84. The summed E-state index contributed by atoms with van der Waals surface area (Å²) in [6, 6.07) is 12.2. The summed E-state index contributed by atoms with van der Waals surface area (Å²) < 4.78 is 0. The van der Waals surface area contributed by atoms with Crippen LogP contribution in [0.3, 0.4) is 0 Å². The third-order valence-corrected chi connectivity index (χ3v) is 3.48. The SMILES string of the molecule is Cc1ncc2[nH]c(-c3cn[nH]c3-c3ccccc3)cc2n1. The first kappa shape index (κ1) is 11.8. The van der Waals surface area contributed by atoms with Crippen molar-refractivity contribution in [2.45, 2.75) is 6.92 Å². The molecule has 0 amide bonds. The van der Waals surface area contributed by atoms with E-state index in [1.54, 1.807) is 0 Å². The summed E-state index contributed by atoms with van der Waals surface area (Å²) in [5.41, 5.74) is 5.95. The van der Waals surface area contributed by atoms with Gasteiger partial charge in [0, 0.05) is 11.1 Å². The number of aromatic amines is 2. The predicted octanol–water partition coefficient (Wildman–Crippen LogP) is 3.32. The third-order valence-electron chi connectivity index (χ3n) is 3.48. The van der Waals surface area contributed by atoms with E-state index >= 15 is 0 Å². The van der Waals surface area contributed by atoms with Crippen molar-refractivity contribution in [1.29, 1.82) is 0 Å². The normalized spacial score (nSPS) is 11.1. The van der Waals surface area contributed by atoms with Crippen molar-refractivity contribution in [1.82, 2.24) is 25.1 Å². The van der Waals surface area contributed by atoms with Gasteiger partial charge in [-0.15, -0.1) is 0 Å². The van der Waals surface area contributed by atoms with Crippen molar-refractivity contribution in [2.75, 3.05) is 0 Å². The van der Waals surface area contributed by atoms with E-state index in [1.807, 2.05) is 43.6 Å². The summed E-state index contributed by atoms with van der Waals surface area (Å²) in [7, 11) is 0. The molecule has 0 aliphatic carbocycles. The summed E-state index contributed by atoms with van der Waals surface area (Å²) in [6.07, 6.45) is 3.64. The van der Waals surface area contributed by atoms with Gasteiger partial charge in [0.2, 0.25) is 0 Å². The van der Waals surface area contributed by atoms with E-state index < -0.39 is 0 Å². The van der Waals surface area contributed by atoms with Crippen LogP contribution in [-0.2, 0) is 0 Å². The van der Waals surface area contributed by atoms with Gasteiger partial charge in [-0.25, -0.2) is 9.97 Å². The Morgan fingerprint density at radius 1 is 1.05 bits per heavy atom. The van der Waals surface area contributed by atoms with Gasteiger partial charge in [0.05, 0.1) is 34.8 Å². The van der Waals surface area contributed by atoms with Gasteiger partial charge < -0.3 is 4.98 Å². The van der Waals surface area contributed by atoms with Crippen LogP contribution in [0.2, 0.25) is 0 Å². The molecule has 0 bridgehead atoms. The van der Waals surface area contributed by atoms with Gasteiger partial charge in [-0.05, 0) is 13.0 Å². The number of benzene rings is 1. The number of rotatable bonds is 2. The van der Waals surface area contributed by atoms with Crippen molar-refractivity contribution >= 4 is 11.0 Å². The molecule has 0 aliphatic heterocycles. The maximum absolute atomic E-state index is 4.44. The van der Waals surface area contributed by atoms with E-state index in [0.717, 1.165) is 39.4 Å². The van der Waals surface area contributed by atoms with Gasteiger partial charge in [-0.3, -0.25) is 5.10 Å². The fourth-order valence-electron chi connectivity index (χ4n) is 2.47. The number of nitrogens with zero attached hydrogens (tertiary/aromatic N) is 3. The second kappa shape index (κ2) is 4.56. The molecule has 0 saturated heterocycles. The van der Waals surface area contributed by atoms with Crippen LogP contribution in [0.5, 0.6) is 0 Å². The highest BCUT2D eigenvalue weighted by Gasteiger charge is 2.12. The van der Waals surface area contributed by atoms with E-state index in [0.29, 0.717) is 0 Å². The maximum atomic E-state index is 4.44. The average Bonchev–Trinajstić information content (AvgIpc) is 3.13. The fraction of sp³-hybridized carbons (Fsp3) is 0.0625. The summed E-state index contributed by atoms with van der Waals surface area (Å²) in [4.78, 5) is 12.0. The Morgan fingerprint density at radius 2 is 1.90 bits per heavy atom. The monoisotopic (exact) mass is 275 g/mol. The minimum atomic E-state index is 0.767. The number of H-pyrrole nitrogens is 2. The third kappa shape index (κ3) is 1.99. The van der Waals surface area contributed by atoms with Crippen LogP contribution in [0.15, 0.2) is 48.8 Å². The molecule has 1 aromatic carbocycles. The second-order valence-electron chi connectivity index (χ2n) is 4.92. The van der Waals surface area contributed by atoms with Crippen LogP contribution in [0.1, 0.15) is 5.82 Å². The van der Waals surface area contributed by atoms with Gasteiger partial charge >= 0.3 is 0 Å². The summed E-state index contributed by atoms with van der Waals surface area (Å²) in [6.45, 7) is 1.89. The van der Waals surface area contributed by atoms with Crippen molar-refractivity contribution < 1.29 is 0 Å². The lowest BCUT2D eigenvalue weighted by atomic mass is 10.1. The predicted molar refractivity (Wildman–Crippen MR) is 81.6 cm³/mol. The van der Waals surface area contributed by atoms with Crippen LogP contribution >= 0.6 is 0 Å². The number of hydrogen-bond acceptors (Lipinski definition) is 3. The number of fused-ring (bicyclic) bond motifs is 1. The molecule has 2 N–H and O–H groups in total. The zero-order valence-electron chi connectivity index (χ0n) is 11.5. The van der Waals surface area contributed by atoms with Crippen molar-refractivity contribution in [3.63, 3.8) is 0 Å². The van der Waals surface area contributed by atoms with Crippen molar-refractivity contribution in [3.8, 4) is 22.5 Å². The Morgan fingerprint density at radius 3 is 2.76 bits per heavy atom. The molecule has 21 heavy (non-hydrogen) atoms. The van der Waals surface area contributed by atoms with Gasteiger partial charge in [0.1, 0.15) is 5.82 Å². The summed E-state index contributed by atoms with van der Waals surface area (Å²) in [5, 5.41) is 7.25. The van der Waals surface area contributed by atoms with E-state index in [9.17, 15) is 0 Å². The highest BCUT2D eigenvalue weighted by atomic mass is 15.1. The molecule has 4 rings (SSSR count). The number of aryl methyl sites for hydroxylation is 1. The highest BCUT2D eigenvalue weighted by molar-refractivity contribution is 5.86. The Kier molecular flexibility index (Phi) is 2.57. The van der Waals surface area contributed by atoms with Crippen LogP contribution < -0.4 is 0 Å². The van der Waals surface area contributed by atoms with Gasteiger partial charge in [-0.1, -0.05) is 30.3 Å². The quantitative estimate of drug-likeness (QED) is 0.589. The van der Waals surface area contributed by atoms with Crippen molar-refractivity contribution in [3.05, 3.63) is 54.6 Å². The molecular formula is C16H13N5. The van der Waals surface area contributed by atoms with E-state index in [4.69, 9.17) is 0 Å². The molecule has 0 fully saturated rings. The van der Waals surface area contributed by atoms with Gasteiger partial charge in [0.25, 0.3) is 0 Å². The fourth-order valence-corrected chi connectivity index (χ4v) is 2.47. The minimum Gasteiger partial charge on any atom is -0.352 e. The molecule has 102 valence electrons. The molecule has 4 aromatic rings. The van der Waals surface area contributed by atoms with Crippen LogP contribution in [0, 0.1) is 6.92 Å². The standard InChI is InChI=1S/C16H13N5/c1-10-17-9-15-14(19-10)7-13(20-15)12-8-18-21-16(12)11-5-3-2-4-6-11/h2-9,20H,1H3,(H,18,21). The molecule has 0 unspecified atom stereocenters. The molecule has 0 spiro atoms. The summed E-state index contributed by atoms with van der Waals surface area (Å²) >= 11 is 0. The minimum absolute atomic E-state index is 0.767. The van der Waals surface area contributed by atoms with Crippen LogP contribution in [0.4, 0.5) is 0 Å². The largest absolute Gasteiger partial charge is 0.352 e. The molecule has 5 nitrogen and oxygen atoms in total. The molecule has 3 heterocycles. The zero-order valence-corrected chi connectivity index (χ0v) is 11.5. The molecule has 0 radical (unpaired) electrons. The molecule has 3 aromatic heterocycles. The molecule has 0 aliphatic rings. The molecular weight excluding hydrogens is 262 g/mol. The van der Waals surface area contributed by atoms with E-state index in [2.05, 4.69) is 37.3 Å². The topological polar surface area (TPSA) is 70.2 Å². The number of hydrogen-bond donors (Lipinski definition) is 2. The van der Waals surface area contributed by atoms with Gasteiger partial charge in [0.15, 0.2) is 0 Å². The Hall–Kier alpha value is -2.95. The van der Waals surface area contributed by atoms with Crippen LogP contribution in [0.25, 0.3) is 33.5 Å². The second-order valence-corrected chi connectivity index (χ2v) is 4.92. The van der Waals surface area contributed by atoms with E-state index in [1.165, 1.54) is 0 Å². The van der Waals surface area contributed by atoms with Gasteiger partial charge in [-0.2, -0.15) is 5.10 Å². The average molecular weight is 275 g/mol.